The van der Waals surface area contributed by atoms with Crippen LogP contribution in [-0.2, 0) is 6.42 Å². The van der Waals surface area contributed by atoms with Gasteiger partial charge in [0.1, 0.15) is 0 Å². The molecule has 1 fully saturated rings. The van der Waals surface area contributed by atoms with Crippen LogP contribution in [0, 0.1) is 0 Å². The molecule has 18 heavy (non-hydrogen) atoms. The monoisotopic (exact) mass is 268 g/mol. The summed E-state index contributed by atoms with van der Waals surface area (Å²) in [5, 5.41) is 12.3. The Morgan fingerprint density at radius 2 is 2.22 bits per heavy atom. The van der Waals surface area contributed by atoms with E-state index in [1.807, 2.05) is 11.3 Å². The van der Waals surface area contributed by atoms with Crippen LogP contribution in [0.25, 0.3) is 0 Å². The molecule has 4 heteroatoms. The molecular weight excluding hydrogens is 244 g/mol. The number of likely N-dealkylation sites (N-methyl/N-ethyl adjacent to an activating group) is 1. The molecular formula is C14H24N2OS. The fraction of sp³-hybridized carbons (Fsp3) is 0.714. The number of nitrogens with two attached hydrogens (primary N) is 1. The lowest BCUT2D eigenvalue weighted by molar-refractivity contribution is -0.00920. The van der Waals surface area contributed by atoms with Crippen molar-refractivity contribution in [3.05, 3.63) is 22.4 Å². The van der Waals surface area contributed by atoms with Gasteiger partial charge in [0, 0.05) is 24.0 Å². The maximum atomic E-state index is 10.1. The summed E-state index contributed by atoms with van der Waals surface area (Å²) in [6.07, 6.45) is 4.95. The third kappa shape index (κ3) is 3.54. The third-order valence-corrected chi connectivity index (χ3v) is 5.12. The number of aliphatic hydroxyl groups is 1. The lowest BCUT2D eigenvalue weighted by Crippen LogP contribution is -2.46. The molecule has 1 aromatic heterocycles. The summed E-state index contributed by atoms with van der Waals surface area (Å²) in [4.78, 5) is 3.90. The van der Waals surface area contributed by atoms with Crippen molar-refractivity contribution >= 4 is 11.3 Å². The Kier molecular flexibility index (Phi) is 4.78. The molecule has 0 saturated heterocycles. The Morgan fingerprint density at radius 3 is 2.78 bits per heavy atom. The summed E-state index contributed by atoms with van der Waals surface area (Å²) in [6, 6.07) is 4.92. The lowest BCUT2D eigenvalue weighted by Gasteiger charge is -2.39. The molecule has 102 valence electrons. The SMILES string of the molecule is CN(CCc1cccs1)C1CCC(O)(CN)CC1. The van der Waals surface area contributed by atoms with Crippen LogP contribution in [0.1, 0.15) is 30.6 Å². The van der Waals surface area contributed by atoms with Gasteiger partial charge in [-0.05, 0) is 50.6 Å². The highest BCUT2D eigenvalue weighted by Crippen LogP contribution is 2.29. The fourth-order valence-corrected chi connectivity index (χ4v) is 3.41. The van der Waals surface area contributed by atoms with E-state index in [-0.39, 0.29) is 0 Å². The summed E-state index contributed by atoms with van der Waals surface area (Å²) < 4.78 is 0. The Balaban J connectivity index is 1.75. The van der Waals surface area contributed by atoms with E-state index >= 15 is 0 Å². The van der Waals surface area contributed by atoms with Crippen LogP contribution < -0.4 is 5.73 Å². The van der Waals surface area contributed by atoms with Gasteiger partial charge in [0.2, 0.25) is 0 Å². The van der Waals surface area contributed by atoms with Gasteiger partial charge >= 0.3 is 0 Å². The molecule has 3 nitrogen and oxygen atoms in total. The molecule has 0 amide bonds. The van der Waals surface area contributed by atoms with Gasteiger partial charge in [-0.25, -0.2) is 0 Å². The first-order chi connectivity index (χ1) is 8.63. The quantitative estimate of drug-likeness (QED) is 0.857. The minimum absolute atomic E-state index is 0.401. The van der Waals surface area contributed by atoms with Crippen molar-refractivity contribution in [2.75, 3.05) is 20.1 Å². The fourth-order valence-electron chi connectivity index (χ4n) is 2.71. The van der Waals surface area contributed by atoms with Gasteiger partial charge in [0.15, 0.2) is 0 Å². The van der Waals surface area contributed by atoms with Crippen molar-refractivity contribution in [3.63, 3.8) is 0 Å². The van der Waals surface area contributed by atoms with Crippen LogP contribution >= 0.6 is 11.3 Å². The number of nitrogens with zero attached hydrogens (tertiary/aromatic N) is 1. The third-order valence-electron chi connectivity index (χ3n) is 4.18. The summed E-state index contributed by atoms with van der Waals surface area (Å²) in [5.74, 6) is 0. The molecule has 3 N–H and O–H groups in total. The minimum Gasteiger partial charge on any atom is -0.389 e. The molecule has 0 bridgehead atoms. The van der Waals surface area contributed by atoms with Crippen LogP contribution in [0.5, 0.6) is 0 Å². The Morgan fingerprint density at radius 1 is 1.50 bits per heavy atom. The topological polar surface area (TPSA) is 49.5 Å². The van der Waals surface area contributed by atoms with Crippen LogP contribution in [0.2, 0.25) is 0 Å². The van der Waals surface area contributed by atoms with Crippen molar-refractivity contribution in [3.8, 4) is 0 Å². The Hall–Kier alpha value is -0.420. The largest absolute Gasteiger partial charge is 0.389 e. The van der Waals surface area contributed by atoms with Gasteiger partial charge in [-0.3, -0.25) is 0 Å². The van der Waals surface area contributed by atoms with Crippen LogP contribution in [0.4, 0.5) is 0 Å². The second kappa shape index (κ2) is 6.15. The van der Waals surface area contributed by atoms with Gasteiger partial charge in [-0.1, -0.05) is 6.07 Å². The molecule has 1 aromatic rings. The molecule has 2 rings (SSSR count). The van der Waals surface area contributed by atoms with E-state index in [9.17, 15) is 5.11 Å². The number of hydrogen-bond acceptors (Lipinski definition) is 4. The second-order valence-electron chi connectivity index (χ2n) is 5.47. The summed E-state index contributed by atoms with van der Waals surface area (Å²) in [6.45, 7) is 1.50. The predicted molar refractivity (Wildman–Crippen MR) is 76.9 cm³/mol. The normalized spacial score (nSPS) is 28.8. The van der Waals surface area contributed by atoms with Crippen molar-refractivity contribution in [2.24, 2.45) is 5.73 Å². The molecule has 0 unspecified atom stereocenters. The smallest absolute Gasteiger partial charge is 0.0770 e. The van der Waals surface area contributed by atoms with E-state index in [4.69, 9.17) is 5.73 Å². The van der Waals surface area contributed by atoms with E-state index in [0.717, 1.165) is 38.6 Å². The van der Waals surface area contributed by atoms with Gasteiger partial charge in [0.05, 0.1) is 5.60 Å². The maximum absolute atomic E-state index is 10.1. The number of rotatable bonds is 5. The van der Waals surface area contributed by atoms with Crippen LogP contribution in [0.3, 0.4) is 0 Å². The molecule has 0 aromatic carbocycles. The Bertz CT molecular complexity index is 345. The summed E-state index contributed by atoms with van der Waals surface area (Å²) in [7, 11) is 2.20. The van der Waals surface area contributed by atoms with E-state index in [2.05, 4.69) is 29.5 Å². The zero-order valence-corrected chi connectivity index (χ0v) is 12.0. The zero-order chi connectivity index (χ0) is 13.0. The molecule has 1 saturated carbocycles. The average Bonchev–Trinajstić information content (AvgIpc) is 2.90. The first-order valence-corrected chi connectivity index (χ1v) is 7.66. The molecule has 1 aliphatic carbocycles. The van der Waals surface area contributed by atoms with Gasteiger partial charge < -0.3 is 15.7 Å². The van der Waals surface area contributed by atoms with Gasteiger partial charge in [0.25, 0.3) is 0 Å². The highest BCUT2D eigenvalue weighted by Gasteiger charge is 2.33. The first kappa shape index (κ1) is 14.0. The highest BCUT2D eigenvalue weighted by molar-refractivity contribution is 7.09. The van der Waals surface area contributed by atoms with Crippen LogP contribution in [0.15, 0.2) is 17.5 Å². The van der Waals surface area contributed by atoms with Crippen molar-refractivity contribution in [2.45, 2.75) is 43.7 Å². The summed E-state index contributed by atoms with van der Waals surface area (Å²) >= 11 is 1.83. The zero-order valence-electron chi connectivity index (χ0n) is 11.1. The predicted octanol–water partition coefficient (Wildman–Crippen LogP) is 1.85. The van der Waals surface area contributed by atoms with E-state index in [1.165, 1.54) is 4.88 Å². The van der Waals surface area contributed by atoms with Gasteiger partial charge in [-0.2, -0.15) is 0 Å². The van der Waals surface area contributed by atoms with E-state index < -0.39 is 5.60 Å². The molecule has 0 atom stereocenters. The Labute approximate surface area is 114 Å². The van der Waals surface area contributed by atoms with Crippen molar-refractivity contribution in [1.82, 2.24) is 4.90 Å². The first-order valence-electron chi connectivity index (χ1n) is 6.78. The van der Waals surface area contributed by atoms with E-state index in [1.54, 1.807) is 0 Å². The average molecular weight is 268 g/mol. The van der Waals surface area contributed by atoms with Gasteiger partial charge in [-0.15, -0.1) is 11.3 Å². The van der Waals surface area contributed by atoms with Crippen molar-refractivity contribution < 1.29 is 5.11 Å². The molecule has 0 radical (unpaired) electrons. The highest BCUT2D eigenvalue weighted by atomic mass is 32.1. The standard InChI is InChI=1S/C14H24N2OS/c1-16(9-6-13-3-2-10-18-13)12-4-7-14(17,11-15)8-5-12/h2-3,10,12,17H,4-9,11,15H2,1H3. The van der Waals surface area contributed by atoms with Crippen molar-refractivity contribution in [1.29, 1.82) is 0 Å². The van der Waals surface area contributed by atoms with Crippen LogP contribution in [-0.4, -0.2) is 41.8 Å². The summed E-state index contributed by atoms with van der Waals surface area (Å²) in [5.41, 5.74) is 5.03. The second-order valence-corrected chi connectivity index (χ2v) is 6.50. The minimum atomic E-state index is -0.592. The number of hydrogen-bond donors (Lipinski definition) is 2. The number of thiophene rings is 1. The maximum Gasteiger partial charge on any atom is 0.0770 e. The van der Waals surface area contributed by atoms with E-state index in [0.29, 0.717) is 12.6 Å². The molecule has 1 heterocycles. The lowest BCUT2D eigenvalue weighted by atomic mass is 9.82. The molecule has 1 aliphatic rings. The molecule has 0 spiro atoms. The molecule has 0 aliphatic heterocycles.